The van der Waals surface area contributed by atoms with Gasteiger partial charge in [0.25, 0.3) is 0 Å². The van der Waals surface area contributed by atoms with Crippen molar-refractivity contribution in [1.82, 2.24) is 25.1 Å². The van der Waals surface area contributed by atoms with Crippen molar-refractivity contribution in [3.63, 3.8) is 0 Å². The molecule has 0 saturated carbocycles. The van der Waals surface area contributed by atoms with Crippen LogP contribution in [0.15, 0.2) is 0 Å². The first-order chi connectivity index (χ1) is 8.58. The van der Waals surface area contributed by atoms with E-state index >= 15 is 0 Å². The largest absolute Gasteiger partial charge is 0.393 e. The number of aromatic nitrogens is 4. The molecule has 18 heavy (non-hydrogen) atoms. The summed E-state index contributed by atoms with van der Waals surface area (Å²) in [6.07, 6.45) is 2.02. The standard InChI is InChI=1S/C12H23N5O/c1-9(2)17-12(13-14-15-17)8-16-6-4-5-11(7-16)10(3)18/h9-11,18H,4-8H2,1-3H3. The zero-order chi connectivity index (χ0) is 13.1. The van der Waals surface area contributed by atoms with Gasteiger partial charge in [-0.05, 0) is 56.5 Å². The van der Waals surface area contributed by atoms with Crippen LogP contribution in [0, 0.1) is 5.92 Å². The van der Waals surface area contributed by atoms with Gasteiger partial charge in [-0.25, -0.2) is 4.68 Å². The summed E-state index contributed by atoms with van der Waals surface area (Å²) in [6.45, 7) is 8.81. The fraction of sp³-hybridized carbons (Fsp3) is 0.917. The molecule has 2 rings (SSSR count). The Kier molecular flexibility index (Phi) is 4.29. The molecule has 0 bridgehead atoms. The summed E-state index contributed by atoms with van der Waals surface area (Å²) in [5.74, 6) is 1.29. The van der Waals surface area contributed by atoms with Crippen LogP contribution in [0.4, 0.5) is 0 Å². The van der Waals surface area contributed by atoms with Crippen LogP contribution in [0.2, 0.25) is 0 Å². The number of hydrogen-bond acceptors (Lipinski definition) is 5. The Morgan fingerprint density at radius 2 is 2.17 bits per heavy atom. The van der Waals surface area contributed by atoms with Crippen molar-refractivity contribution in [2.24, 2.45) is 5.92 Å². The molecule has 2 heterocycles. The Morgan fingerprint density at radius 3 is 2.83 bits per heavy atom. The van der Waals surface area contributed by atoms with Crippen LogP contribution in [-0.2, 0) is 6.54 Å². The van der Waals surface area contributed by atoms with Gasteiger partial charge in [-0.15, -0.1) is 5.10 Å². The zero-order valence-corrected chi connectivity index (χ0v) is 11.5. The number of hydrogen-bond donors (Lipinski definition) is 1. The maximum atomic E-state index is 9.69. The quantitative estimate of drug-likeness (QED) is 0.861. The maximum Gasteiger partial charge on any atom is 0.165 e. The van der Waals surface area contributed by atoms with Crippen molar-refractivity contribution < 1.29 is 5.11 Å². The number of piperidine rings is 1. The third kappa shape index (κ3) is 3.05. The van der Waals surface area contributed by atoms with Gasteiger partial charge in [-0.2, -0.15) is 0 Å². The predicted octanol–water partition coefficient (Wildman–Crippen LogP) is 0.847. The van der Waals surface area contributed by atoms with Gasteiger partial charge < -0.3 is 5.11 Å². The normalized spacial score (nSPS) is 23.5. The third-order valence-corrected chi connectivity index (χ3v) is 3.64. The lowest BCUT2D eigenvalue weighted by Gasteiger charge is -2.33. The van der Waals surface area contributed by atoms with Gasteiger partial charge >= 0.3 is 0 Å². The van der Waals surface area contributed by atoms with E-state index in [2.05, 4.69) is 34.3 Å². The first-order valence-electron chi connectivity index (χ1n) is 6.75. The number of aliphatic hydroxyl groups excluding tert-OH is 1. The molecule has 1 fully saturated rings. The summed E-state index contributed by atoms with van der Waals surface area (Å²) in [5, 5.41) is 21.6. The van der Waals surface area contributed by atoms with Crippen molar-refractivity contribution in [3.05, 3.63) is 5.82 Å². The van der Waals surface area contributed by atoms with Crippen molar-refractivity contribution in [2.75, 3.05) is 13.1 Å². The second-order valence-corrected chi connectivity index (χ2v) is 5.51. The second kappa shape index (κ2) is 5.75. The molecule has 1 N–H and O–H groups in total. The minimum Gasteiger partial charge on any atom is -0.393 e. The van der Waals surface area contributed by atoms with Gasteiger partial charge in [-0.3, -0.25) is 4.90 Å². The Hall–Kier alpha value is -1.01. The van der Waals surface area contributed by atoms with E-state index in [0.29, 0.717) is 5.92 Å². The average Bonchev–Trinajstić information content (AvgIpc) is 2.77. The van der Waals surface area contributed by atoms with Crippen molar-refractivity contribution >= 4 is 0 Å². The first kappa shape index (κ1) is 13.4. The van der Waals surface area contributed by atoms with Gasteiger partial charge in [0.2, 0.25) is 0 Å². The van der Waals surface area contributed by atoms with Crippen LogP contribution in [-0.4, -0.2) is 49.4 Å². The molecule has 1 aromatic heterocycles. The maximum absolute atomic E-state index is 9.69. The van der Waals surface area contributed by atoms with E-state index in [1.54, 1.807) is 0 Å². The number of tetrazole rings is 1. The molecular formula is C12H23N5O. The number of nitrogens with zero attached hydrogens (tertiary/aromatic N) is 5. The number of likely N-dealkylation sites (tertiary alicyclic amines) is 1. The van der Waals surface area contributed by atoms with E-state index in [9.17, 15) is 5.11 Å². The molecular weight excluding hydrogens is 230 g/mol. The molecule has 1 aliphatic heterocycles. The predicted molar refractivity (Wildman–Crippen MR) is 67.9 cm³/mol. The van der Waals surface area contributed by atoms with Gasteiger partial charge in [0.15, 0.2) is 5.82 Å². The Labute approximate surface area is 108 Å². The Morgan fingerprint density at radius 1 is 1.39 bits per heavy atom. The first-order valence-corrected chi connectivity index (χ1v) is 6.75. The average molecular weight is 253 g/mol. The van der Waals surface area contributed by atoms with Crippen LogP contribution < -0.4 is 0 Å². The van der Waals surface area contributed by atoms with E-state index in [-0.39, 0.29) is 12.1 Å². The highest BCUT2D eigenvalue weighted by molar-refractivity contribution is 4.86. The van der Waals surface area contributed by atoms with E-state index in [1.807, 2.05) is 11.6 Å². The van der Waals surface area contributed by atoms with Crippen molar-refractivity contribution in [3.8, 4) is 0 Å². The molecule has 1 aliphatic rings. The summed E-state index contributed by atoms with van der Waals surface area (Å²) in [5.41, 5.74) is 0. The lowest BCUT2D eigenvalue weighted by Crippen LogP contribution is -2.39. The number of rotatable bonds is 4. The lowest BCUT2D eigenvalue weighted by atomic mass is 9.93. The summed E-state index contributed by atoms with van der Waals surface area (Å²) < 4.78 is 1.87. The van der Waals surface area contributed by atoms with Gasteiger partial charge in [0.05, 0.1) is 18.7 Å². The molecule has 0 aromatic carbocycles. The number of aliphatic hydroxyl groups is 1. The Balaban J connectivity index is 1.98. The smallest absolute Gasteiger partial charge is 0.165 e. The Bertz CT molecular complexity index is 376. The minimum atomic E-state index is -0.228. The second-order valence-electron chi connectivity index (χ2n) is 5.51. The highest BCUT2D eigenvalue weighted by Crippen LogP contribution is 2.21. The fourth-order valence-corrected chi connectivity index (χ4v) is 2.55. The van der Waals surface area contributed by atoms with Gasteiger partial charge in [0, 0.05) is 6.54 Å². The van der Waals surface area contributed by atoms with E-state index in [0.717, 1.165) is 38.3 Å². The van der Waals surface area contributed by atoms with Crippen LogP contribution in [0.3, 0.4) is 0 Å². The summed E-state index contributed by atoms with van der Waals surface area (Å²) in [7, 11) is 0. The van der Waals surface area contributed by atoms with Crippen LogP contribution >= 0.6 is 0 Å². The van der Waals surface area contributed by atoms with Crippen molar-refractivity contribution in [1.29, 1.82) is 0 Å². The molecule has 1 saturated heterocycles. The SMILES string of the molecule is CC(O)C1CCCN(Cc2nnnn2C(C)C)C1. The fourth-order valence-electron chi connectivity index (χ4n) is 2.55. The molecule has 2 atom stereocenters. The van der Waals surface area contributed by atoms with Crippen LogP contribution in [0.1, 0.15) is 45.5 Å². The summed E-state index contributed by atoms with van der Waals surface area (Å²) in [4.78, 5) is 2.34. The van der Waals surface area contributed by atoms with E-state index in [1.165, 1.54) is 0 Å². The van der Waals surface area contributed by atoms with Crippen molar-refractivity contribution in [2.45, 2.75) is 52.3 Å². The molecule has 6 nitrogen and oxygen atoms in total. The van der Waals surface area contributed by atoms with Gasteiger partial charge in [-0.1, -0.05) is 0 Å². The van der Waals surface area contributed by atoms with Gasteiger partial charge in [0.1, 0.15) is 0 Å². The molecule has 102 valence electrons. The monoisotopic (exact) mass is 253 g/mol. The van der Waals surface area contributed by atoms with Crippen LogP contribution in [0.5, 0.6) is 0 Å². The third-order valence-electron chi connectivity index (χ3n) is 3.64. The minimum absolute atomic E-state index is 0.228. The molecule has 0 amide bonds. The van der Waals surface area contributed by atoms with Crippen LogP contribution in [0.25, 0.3) is 0 Å². The topological polar surface area (TPSA) is 67.1 Å². The zero-order valence-electron chi connectivity index (χ0n) is 11.5. The van der Waals surface area contributed by atoms with E-state index in [4.69, 9.17) is 0 Å². The highest BCUT2D eigenvalue weighted by atomic mass is 16.3. The summed E-state index contributed by atoms with van der Waals surface area (Å²) in [6, 6.07) is 0.285. The van der Waals surface area contributed by atoms with E-state index < -0.39 is 0 Å². The summed E-state index contributed by atoms with van der Waals surface area (Å²) >= 11 is 0. The molecule has 0 spiro atoms. The highest BCUT2D eigenvalue weighted by Gasteiger charge is 2.24. The molecule has 1 aromatic rings. The molecule has 0 radical (unpaired) electrons. The molecule has 0 aliphatic carbocycles. The molecule has 2 unspecified atom stereocenters. The molecule has 6 heteroatoms. The lowest BCUT2D eigenvalue weighted by molar-refractivity contribution is 0.0581.